The van der Waals surface area contributed by atoms with E-state index in [0.717, 1.165) is 19.8 Å². The molecule has 1 nitrogen and oxygen atoms in total. The molecule has 2 heterocycles. The number of fused-ring (bicyclic) bond motifs is 1. The first-order chi connectivity index (χ1) is 8.72. The molecule has 0 saturated carbocycles. The number of halogens is 1. The lowest BCUT2D eigenvalue weighted by atomic mass is 10.1. The van der Waals surface area contributed by atoms with E-state index in [4.69, 9.17) is 0 Å². The van der Waals surface area contributed by atoms with Crippen LogP contribution in [0.5, 0.6) is 0 Å². The minimum absolute atomic E-state index is 0.233. The van der Waals surface area contributed by atoms with Crippen LogP contribution in [0, 0.1) is 5.82 Å². The normalized spacial score (nSPS) is 13.0. The van der Waals surface area contributed by atoms with Gasteiger partial charge in [-0.1, -0.05) is 12.1 Å². The molecule has 1 aromatic carbocycles. The van der Waals surface area contributed by atoms with E-state index in [2.05, 4.69) is 0 Å². The molecule has 0 spiro atoms. The Hall–Kier alpha value is -1.23. The molecule has 92 valence electrons. The van der Waals surface area contributed by atoms with E-state index in [9.17, 15) is 9.50 Å². The highest BCUT2D eigenvalue weighted by atomic mass is 32.1. The molecule has 4 heteroatoms. The van der Waals surface area contributed by atoms with E-state index < -0.39 is 6.10 Å². The quantitative estimate of drug-likeness (QED) is 0.754. The van der Waals surface area contributed by atoms with Gasteiger partial charge in [-0.25, -0.2) is 4.39 Å². The van der Waals surface area contributed by atoms with Crippen molar-refractivity contribution in [3.05, 3.63) is 57.3 Å². The largest absolute Gasteiger partial charge is 0.387 e. The van der Waals surface area contributed by atoms with E-state index in [0.29, 0.717) is 6.42 Å². The maximum Gasteiger partial charge on any atom is 0.124 e. The van der Waals surface area contributed by atoms with Crippen molar-refractivity contribution in [3.63, 3.8) is 0 Å². The van der Waals surface area contributed by atoms with Gasteiger partial charge in [-0.15, -0.1) is 22.7 Å². The molecular formula is C14H11FOS2. The van der Waals surface area contributed by atoms with Crippen LogP contribution >= 0.6 is 22.7 Å². The Bertz CT molecular complexity index is 658. The molecule has 0 fully saturated rings. The predicted octanol–water partition coefficient (Wildman–Crippen LogP) is 4.38. The fourth-order valence-corrected chi connectivity index (χ4v) is 3.73. The Balaban J connectivity index is 1.89. The Morgan fingerprint density at radius 1 is 1.22 bits per heavy atom. The Labute approximate surface area is 112 Å². The van der Waals surface area contributed by atoms with Crippen LogP contribution in [0.15, 0.2) is 41.8 Å². The summed E-state index contributed by atoms with van der Waals surface area (Å²) in [5, 5.41) is 13.2. The number of aliphatic hydroxyl groups is 1. The van der Waals surface area contributed by atoms with Crippen LogP contribution < -0.4 is 0 Å². The number of hydrogen-bond acceptors (Lipinski definition) is 3. The summed E-state index contributed by atoms with van der Waals surface area (Å²) >= 11 is 3.10. The molecule has 3 aromatic rings. The Morgan fingerprint density at radius 3 is 2.89 bits per heavy atom. The summed E-state index contributed by atoms with van der Waals surface area (Å²) in [4.78, 5) is 2.05. The van der Waals surface area contributed by atoms with Crippen molar-refractivity contribution in [2.75, 3.05) is 0 Å². The predicted molar refractivity (Wildman–Crippen MR) is 74.8 cm³/mol. The average Bonchev–Trinajstić information content (AvgIpc) is 2.96. The van der Waals surface area contributed by atoms with Crippen LogP contribution in [0.2, 0.25) is 0 Å². The number of thiophene rings is 2. The SMILES string of the molecule is OC(Cc1cccs1)c1cc2ccc(F)cc2s1. The van der Waals surface area contributed by atoms with Gasteiger partial charge in [-0.05, 0) is 35.0 Å². The Kier molecular flexibility index (Phi) is 3.16. The standard InChI is InChI=1S/C14H11FOS2/c15-10-4-3-9-6-14(18-13(9)7-10)12(16)8-11-2-1-5-17-11/h1-7,12,16H,8H2. The molecule has 0 aliphatic rings. The second-order valence-corrected chi connectivity index (χ2v) is 6.28. The van der Waals surface area contributed by atoms with Gasteiger partial charge >= 0.3 is 0 Å². The first-order valence-electron chi connectivity index (χ1n) is 5.62. The second-order valence-electron chi connectivity index (χ2n) is 4.13. The van der Waals surface area contributed by atoms with Crippen LogP contribution in [-0.4, -0.2) is 5.11 Å². The van der Waals surface area contributed by atoms with E-state index in [1.165, 1.54) is 23.5 Å². The summed E-state index contributed by atoms with van der Waals surface area (Å²) in [6.07, 6.45) is 0.108. The summed E-state index contributed by atoms with van der Waals surface area (Å²) in [5.41, 5.74) is 0. The molecule has 0 radical (unpaired) electrons. The summed E-state index contributed by atoms with van der Waals surface area (Å²) in [7, 11) is 0. The lowest BCUT2D eigenvalue weighted by Gasteiger charge is -2.05. The molecule has 18 heavy (non-hydrogen) atoms. The maximum absolute atomic E-state index is 13.1. The van der Waals surface area contributed by atoms with Crippen molar-refractivity contribution in [2.45, 2.75) is 12.5 Å². The zero-order valence-corrected chi connectivity index (χ0v) is 11.1. The maximum atomic E-state index is 13.1. The number of rotatable bonds is 3. The van der Waals surface area contributed by atoms with Gasteiger partial charge in [-0.3, -0.25) is 0 Å². The Morgan fingerprint density at radius 2 is 2.11 bits per heavy atom. The fourth-order valence-electron chi connectivity index (χ4n) is 1.91. The zero-order chi connectivity index (χ0) is 12.5. The third-order valence-corrected chi connectivity index (χ3v) is 4.90. The second kappa shape index (κ2) is 4.80. The molecule has 1 N–H and O–H groups in total. The molecule has 3 rings (SSSR count). The van der Waals surface area contributed by atoms with Gasteiger partial charge in [0.15, 0.2) is 0 Å². The van der Waals surface area contributed by atoms with Crippen molar-refractivity contribution in [1.82, 2.24) is 0 Å². The van der Waals surface area contributed by atoms with Crippen molar-refractivity contribution >= 4 is 32.8 Å². The number of hydrogen-bond donors (Lipinski definition) is 1. The third kappa shape index (κ3) is 2.32. The minimum Gasteiger partial charge on any atom is -0.387 e. The first kappa shape index (κ1) is 11.8. The van der Waals surface area contributed by atoms with Crippen molar-refractivity contribution in [1.29, 1.82) is 0 Å². The van der Waals surface area contributed by atoms with E-state index in [1.807, 2.05) is 23.6 Å². The lowest BCUT2D eigenvalue weighted by molar-refractivity contribution is 0.183. The van der Waals surface area contributed by atoms with Gasteiger partial charge in [-0.2, -0.15) is 0 Å². The fraction of sp³-hybridized carbons (Fsp3) is 0.143. The van der Waals surface area contributed by atoms with Gasteiger partial charge < -0.3 is 5.11 Å². The average molecular weight is 278 g/mol. The molecule has 1 atom stereocenters. The molecule has 0 saturated heterocycles. The van der Waals surface area contributed by atoms with Gasteiger partial charge in [0.25, 0.3) is 0 Å². The molecule has 0 aliphatic carbocycles. The van der Waals surface area contributed by atoms with Crippen molar-refractivity contribution < 1.29 is 9.50 Å². The van der Waals surface area contributed by atoms with Crippen molar-refractivity contribution in [2.24, 2.45) is 0 Å². The third-order valence-electron chi connectivity index (χ3n) is 2.80. The monoisotopic (exact) mass is 278 g/mol. The number of benzene rings is 1. The highest BCUT2D eigenvalue weighted by molar-refractivity contribution is 7.19. The molecule has 0 aliphatic heterocycles. The van der Waals surface area contributed by atoms with E-state index in [1.54, 1.807) is 17.4 Å². The summed E-state index contributed by atoms with van der Waals surface area (Å²) < 4.78 is 14.0. The summed E-state index contributed by atoms with van der Waals surface area (Å²) in [5.74, 6) is -0.233. The highest BCUT2D eigenvalue weighted by Crippen LogP contribution is 2.32. The first-order valence-corrected chi connectivity index (χ1v) is 7.31. The van der Waals surface area contributed by atoms with Crippen LogP contribution in [-0.2, 0) is 6.42 Å². The zero-order valence-electron chi connectivity index (χ0n) is 9.47. The molecule has 0 amide bonds. The molecular weight excluding hydrogens is 267 g/mol. The highest BCUT2D eigenvalue weighted by Gasteiger charge is 2.13. The van der Waals surface area contributed by atoms with Gasteiger partial charge in [0.1, 0.15) is 5.82 Å². The van der Waals surface area contributed by atoms with Crippen LogP contribution in [0.1, 0.15) is 15.9 Å². The van der Waals surface area contributed by atoms with Gasteiger partial charge in [0, 0.05) is 20.9 Å². The van der Waals surface area contributed by atoms with Gasteiger partial charge in [0.2, 0.25) is 0 Å². The molecule has 1 unspecified atom stereocenters. The lowest BCUT2D eigenvalue weighted by Crippen LogP contribution is -1.97. The van der Waals surface area contributed by atoms with E-state index >= 15 is 0 Å². The van der Waals surface area contributed by atoms with Gasteiger partial charge in [0.05, 0.1) is 6.10 Å². The topological polar surface area (TPSA) is 20.2 Å². The smallest absolute Gasteiger partial charge is 0.124 e. The van der Waals surface area contributed by atoms with Crippen LogP contribution in [0.4, 0.5) is 4.39 Å². The summed E-state index contributed by atoms with van der Waals surface area (Å²) in [6.45, 7) is 0. The van der Waals surface area contributed by atoms with Crippen LogP contribution in [0.3, 0.4) is 0 Å². The minimum atomic E-state index is -0.510. The number of aliphatic hydroxyl groups excluding tert-OH is 1. The molecule has 0 bridgehead atoms. The van der Waals surface area contributed by atoms with Crippen molar-refractivity contribution in [3.8, 4) is 0 Å². The molecule has 2 aromatic heterocycles. The van der Waals surface area contributed by atoms with Crippen LogP contribution in [0.25, 0.3) is 10.1 Å². The summed E-state index contributed by atoms with van der Waals surface area (Å²) in [6, 6.07) is 10.7. The van der Waals surface area contributed by atoms with E-state index in [-0.39, 0.29) is 5.82 Å².